The third kappa shape index (κ3) is 5.87. The molecule has 0 atom stereocenters. The van der Waals surface area contributed by atoms with Gasteiger partial charge in [-0.25, -0.2) is 4.98 Å². The molecule has 0 aliphatic heterocycles. The number of aromatic nitrogens is 2. The summed E-state index contributed by atoms with van der Waals surface area (Å²) >= 11 is 0. The van der Waals surface area contributed by atoms with Gasteiger partial charge in [-0.2, -0.15) is 0 Å². The molecule has 180 valence electrons. The number of nitrogens with one attached hydrogen (secondary N) is 1. The first-order valence-corrected chi connectivity index (χ1v) is 11.6. The molecule has 1 amide bonds. The van der Waals surface area contributed by atoms with E-state index in [2.05, 4.69) is 5.32 Å². The predicted octanol–water partition coefficient (Wildman–Crippen LogP) is 4.23. The average Bonchev–Trinajstić information content (AvgIpc) is 3.24. The molecule has 4 aromatic rings. The standard InChI is InChI=1S/C28H29N3O4/c1-34-25-15-14-20(17-26(25)35-2)18-28(33)29-16-8-13-27-30-22-11-6-7-12-23(22)31(27)19-24(32)21-9-4-3-5-10-21/h3-7,9-12,14-15,17H,8,13,16,18-19H2,1-2H3,(H,29,33). The van der Waals surface area contributed by atoms with E-state index in [1.807, 2.05) is 71.3 Å². The van der Waals surface area contributed by atoms with Crippen molar-refractivity contribution in [1.29, 1.82) is 0 Å². The Kier molecular flexibility index (Phi) is 7.77. The Balaban J connectivity index is 1.36. The van der Waals surface area contributed by atoms with Crippen molar-refractivity contribution in [3.63, 3.8) is 0 Å². The van der Waals surface area contributed by atoms with Crippen molar-refractivity contribution in [2.45, 2.75) is 25.8 Å². The van der Waals surface area contributed by atoms with Gasteiger partial charge in [0.15, 0.2) is 17.3 Å². The zero-order chi connectivity index (χ0) is 24.6. The minimum Gasteiger partial charge on any atom is -0.493 e. The fourth-order valence-corrected chi connectivity index (χ4v) is 4.06. The van der Waals surface area contributed by atoms with E-state index in [0.717, 1.165) is 22.4 Å². The summed E-state index contributed by atoms with van der Waals surface area (Å²) < 4.78 is 12.5. The number of para-hydroxylation sites is 2. The molecule has 0 unspecified atom stereocenters. The number of carbonyl (C=O) groups is 2. The Bertz CT molecular complexity index is 1310. The number of amides is 1. The number of rotatable bonds is 11. The zero-order valence-corrected chi connectivity index (χ0v) is 20.0. The maximum Gasteiger partial charge on any atom is 0.224 e. The van der Waals surface area contributed by atoms with E-state index >= 15 is 0 Å². The molecule has 0 fully saturated rings. The Labute approximate surface area is 204 Å². The third-order valence-electron chi connectivity index (χ3n) is 5.84. The lowest BCUT2D eigenvalue weighted by molar-refractivity contribution is -0.120. The van der Waals surface area contributed by atoms with E-state index in [9.17, 15) is 9.59 Å². The molecule has 0 saturated carbocycles. The van der Waals surface area contributed by atoms with Gasteiger partial charge in [0.2, 0.25) is 5.91 Å². The molecule has 1 N–H and O–H groups in total. The van der Waals surface area contributed by atoms with Crippen LogP contribution < -0.4 is 14.8 Å². The number of hydrogen-bond donors (Lipinski definition) is 1. The van der Waals surface area contributed by atoms with Gasteiger partial charge < -0.3 is 19.4 Å². The number of methoxy groups -OCH3 is 2. The summed E-state index contributed by atoms with van der Waals surface area (Å²) in [5.41, 5.74) is 3.32. The van der Waals surface area contributed by atoms with Crippen molar-refractivity contribution in [2.75, 3.05) is 20.8 Å². The second-order valence-electron chi connectivity index (χ2n) is 8.21. The normalized spacial score (nSPS) is 10.8. The number of carbonyl (C=O) groups excluding carboxylic acids is 2. The fraction of sp³-hybridized carbons (Fsp3) is 0.250. The van der Waals surface area contributed by atoms with Crippen molar-refractivity contribution in [3.05, 3.63) is 89.7 Å². The molecule has 0 bridgehead atoms. The number of fused-ring (bicyclic) bond motifs is 1. The van der Waals surface area contributed by atoms with Crippen molar-refractivity contribution in [1.82, 2.24) is 14.9 Å². The SMILES string of the molecule is COc1ccc(CC(=O)NCCCc2nc3ccccc3n2CC(=O)c2ccccc2)cc1OC. The molecule has 7 nitrogen and oxygen atoms in total. The third-order valence-corrected chi connectivity index (χ3v) is 5.84. The van der Waals surface area contributed by atoms with Crippen LogP contribution in [0, 0.1) is 0 Å². The van der Waals surface area contributed by atoms with E-state index in [4.69, 9.17) is 14.5 Å². The highest BCUT2D eigenvalue weighted by Gasteiger charge is 2.15. The highest BCUT2D eigenvalue weighted by molar-refractivity contribution is 5.96. The van der Waals surface area contributed by atoms with E-state index in [1.54, 1.807) is 20.3 Å². The molecular weight excluding hydrogens is 442 g/mol. The van der Waals surface area contributed by atoms with E-state index in [1.165, 1.54) is 0 Å². The summed E-state index contributed by atoms with van der Waals surface area (Å²) in [6.07, 6.45) is 1.61. The maximum absolute atomic E-state index is 12.9. The summed E-state index contributed by atoms with van der Waals surface area (Å²) in [6, 6.07) is 22.6. The van der Waals surface area contributed by atoms with Crippen LogP contribution in [0.1, 0.15) is 28.2 Å². The van der Waals surface area contributed by atoms with Crippen LogP contribution in [0.3, 0.4) is 0 Å². The molecule has 0 aliphatic carbocycles. The molecule has 0 radical (unpaired) electrons. The molecule has 1 aromatic heterocycles. The first kappa shape index (κ1) is 24.0. The number of ether oxygens (including phenoxy) is 2. The predicted molar refractivity (Wildman–Crippen MR) is 135 cm³/mol. The van der Waals surface area contributed by atoms with Crippen LogP contribution in [0.25, 0.3) is 11.0 Å². The Morgan fingerprint density at radius 2 is 1.66 bits per heavy atom. The van der Waals surface area contributed by atoms with Crippen molar-refractivity contribution in [3.8, 4) is 11.5 Å². The molecule has 0 spiro atoms. The summed E-state index contributed by atoms with van der Waals surface area (Å²) in [7, 11) is 3.15. The van der Waals surface area contributed by atoms with E-state index in [-0.39, 0.29) is 24.7 Å². The van der Waals surface area contributed by atoms with Gasteiger partial charge in [-0.15, -0.1) is 0 Å². The largest absolute Gasteiger partial charge is 0.493 e. The Hall–Kier alpha value is -4.13. The maximum atomic E-state index is 12.9. The number of imidazole rings is 1. The lowest BCUT2D eigenvalue weighted by atomic mass is 10.1. The molecule has 4 rings (SSSR count). The Morgan fingerprint density at radius 1 is 0.914 bits per heavy atom. The minimum absolute atomic E-state index is 0.0400. The summed E-state index contributed by atoms with van der Waals surface area (Å²) in [5, 5.41) is 2.97. The van der Waals surface area contributed by atoms with Crippen LogP contribution in [-0.2, 0) is 24.2 Å². The number of benzene rings is 3. The average molecular weight is 472 g/mol. The molecule has 0 saturated heterocycles. The number of hydrogen-bond acceptors (Lipinski definition) is 5. The molecule has 3 aromatic carbocycles. The van der Waals surface area contributed by atoms with Gasteiger partial charge in [-0.05, 0) is 36.2 Å². The van der Waals surface area contributed by atoms with Crippen LogP contribution in [0.2, 0.25) is 0 Å². The van der Waals surface area contributed by atoms with Gasteiger partial charge in [-0.1, -0.05) is 48.5 Å². The molecule has 35 heavy (non-hydrogen) atoms. The lowest BCUT2D eigenvalue weighted by Gasteiger charge is -2.11. The first-order chi connectivity index (χ1) is 17.1. The fourth-order valence-electron chi connectivity index (χ4n) is 4.06. The van der Waals surface area contributed by atoms with Gasteiger partial charge >= 0.3 is 0 Å². The number of Topliss-reactive ketones (excluding diaryl/α,β-unsaturated/α-hetero) is 1. The number of nitrogens with zero attached hydrogens (tertiary/aromatic N) is 2. The van der Waals surface area contributed by atoms with Crippen LogP contribution >= 0.6 is 0 Å². The van der Waals surface area contributed by atoms with Crippen molar-refractivity contribution in [2.24, 2.45) is 0 Å². The van der Waals surface area contributed by atoms with Crippen LogP contribution in [-0.4, -0.2) is 42.0 Å². The second-order valence-corrected chi connectivity index (χ2v) is 8.21. The number of ketones is 1. The molecule has 1 heterocycles. The van der Waals surface area contributed by atoms with Crippen molar-refractivity contribution < 1.29 is 19.1 Å². The van der Waals surface area contributed by atoms with Crippen LogP contribution in [0.4, 0.5) is 0 Å². The second kappa shape index (κ2) is 11.3. The monoisotopic (exact) mass is 471 g/mol. The quantitative estimate of drug-likeness (QED) is 0.262. The van der Waals surface area contributed by atoms with Crippen molar-refractivity contribution >= 4 is 22.7 Å². The van der Waals surface area contributed by atoms with E-state index in [0.29, 0.717) is 36.4 Å². The molecule has 0 aliphatic rings. The Morgan fingerprint density at radius 3 is 2.43 bits per heavy atom. The van der Waals surface area contributed by atoms with Crippen LogP contribution in [0.5, 0.6) is 11.5 Å². The topological polar surface area (TPSA) is 82.5 Å². The zero-order valence-electron chi connectivity index (χ0n) is 20.0. The highest BCUT2D eigenvalue weighted by Crippen LogP contribution is 2.27. The molecule has 7 heteroatoms. The molecular formula is C28H29N3O4. The van der Waals surface area contributed by atoms with Gasteiger partial charge in [0.1, 0.15) is 5.82 Å². The number of aryl methyl sites for hydroxylation is 1. The van der Waals surface area contributed by atoms with Gasteiger partial charge in [0.05, 0.1) is 38.2 Å². The van der Waals surface area contributed by atoms with Crippen LogP contribution in [0.15, 0.2) is 72.8 Å². The van der Waals surface area contributed by atoms with E-state index < -0.39 is 0 Å². The van der Waals surface area contributed by atoms with Gasteiger partial charge in [0, 0.05) is 18.5 Å². The smallest absolute Gasteiger partial charge is 0.224 e. The minimum atomic E-state index is -0.0648. The highest BCUT2D eigenvalue weighted by atomic mass is 16.5. The van der Waals surface area contributed by atoms with Gasteiger partial charge in [-0.3, -0.25) is 9.59 Å². The summed E-state index contributed by atoms with van der Waals surface area (Å²) in [5.74, 6) is 2.04. The summed E-state index contributed by atoms with van der Waals surface area (Å²) in [4.78, 5) is 30.1. The lowest BCUT2D eigenvalue weighted by Crippen LogP contribution is -2.26. The summed E-state index contributed by atoms with van der Waals surface area (Å²) in [6.45, 7) is 0.744. The first-order valence-electron chi connectivity index (χ1n) is 11.6. The van der Waals surface area contributed by atoms with Gasteiger partial charge in [0.25, 0.3) is 0 Å².